The van der Waals surface area contributed by atoms with Crippen molar-refractivity contribution in [2.24, 2.45) is 5.73 Å². The zero-order valence-corrected chi connectivity index (χ0v) is 12.9. The number of carbonyl (C=O) groups is 1. The molecule has 9 heteroatoms. The maximum absolute atomic E-state index is 11.9. The summed E-state index contributed by atoms with van der Waals surface area (Å²) in [5, 5.41) is 0. The molecular weight excluding hydrogens is 307 g/mol. The number of rotatable bonds is 5. The first-order valence-electron chi connectivity index (χ1n) is 6.51. The predicted octanol–water partition coefficient (Wildman–Crippen LogP) is 0.774. The molecule has 0 bridgehead atoms. The van der Waals surface area contributed by atoms with Crippen molar-refractivity contribution in [2.75, 3.05) is 39.4 Å². The first-order valence-corrected chi connectivity index (χ1v) is 6.92. The van der Waals surface area contributed by atoms with E-state index in [-0.39, 0.29) is 0 Å². The first kappa shape index (κ1) is 18.1. The fourth-order valence-corrected chi connectivity index (χ4v) is 2.15. The average Bonchev–Trinajstić information content (AvgIpc) is 2.37. The number of hydrogen-bond donors (Lipinski definition) is 1. The van der Waals surface area contributed by atoms with Crippen molar-refractivity contribution in [3.63, 3.8) is 0 Å². The quantitative estimate of drug-likeness (QED) is 0.756. The summed E-state index contributed by atoms with van der Waals surface area (Å²) in [5.41, 5.74) is 5.24. The first-order chi connectivity index (χ1) is 9.54. The van der Waals surface area contributed by atoms with Crippen LogP contribution in [-0.2, 0) is 9.53 Å². The average molecular weight is 327 g/mol. The van der Waals surface area contributed by atoms with Gasteiger partial charge < -0.3 is 15.4 Å². The summed E-state index contributed by atoms with van der Waals surface area (Å²) in [5.74, 6) is -0.438. The van der Waals surface area contributed by atoms with Crippen LogP contribution in [0.2, 0.25) is 0 Å². The maximum Gasteiger partial charge on any atom is 0.411 e. The highest BCUT2D eigenvalue weighted by atomic mass is 32.1. The SMILES string of the molecule is CC(C)(C(N)=S)N1CCN(C(=O)COCC(F)(F)F)CC1. The Morgan fingerprint density at radius 2 is 1.76 bits per heavy atom. The lowest BCUT2D eigenvalue weighted by atomic mass is 10.0. The fourth-order valence-electron chi connectivity index (χ4n) is 2.02. The van der Waals surface area contributed by atoms with Gasteiger partial charge in [-0.1, -0.05) is 12.2 Å². The monoisotopic (exact) mass is 327 g/mol. The van der Waals surface area contributed by atoms with Crippen LogP contribution in [0.25, 0.3) is 0 Å². The number of alkyl halides is 3. The van der Waals surface area contributed by atoms with Crippen LogP contribution < -0.4 is 5.73 Å². The van der Waals surface area contributed by atoms with Crippen molar-refractivity contribution >= 4 is 23.1 Å². The molecule has 21 heavy (non-hydrogen) atoms. The highest BCUT2D eigenvalue weighted by molar-refractivity contribution is 7.80. The Balaban J connectivity index is 2.39. The number of nitrogens with two attached hydrogens (primary N) is 1. The smallest absolute Gasteiger partial charge is 0.392 e. The lowest BCUT2D eigenvalue weighted by Gasteiger charge is -2.43. The number of thiocarbonyl (C=S) groups is 1. The Labute approximate surface area is 127 Å². The molecule has 0 aromatic carbocycles. The highest BCUT2D eigenvalue weighted by Gasteiger charge is 2.33. The number of piperazine rings is 1. The largest absolute Gasteiger partial charge is 0.411 e. The number of halogens is 3. The van der Waals surface area contributed by atoms with E-state index in [4.69, 9.17) is 18.0 Å². The van der Waals surface area contributed by atoms with Crippen LogP contribution >= 0.6 is 12.2 Å². The molecule has 0 radical (unpaired) electrons. The molecule has 0 saturated carbocycles. The van der Waals surface area contributed by atoms with E-state index in [1.165, 1.54) is 4.90 Å². The van der Waals surface area contributed by atoms with Gasteiger partial charge in [-0.05, 0) is 13.8 Å². The Morgan fingerprint density at radius 3 is 2.19 bits per heavy atom. The lowest BCUT2D eigenvalue weighted by Crippen LogP contribution is -2.60. The van der Waals surface area contributed by atoms with Gasteiger partial charge in [-0.2, -0.15) is 13.2 Å². The molecule has 0 atom stereocenters. The minimum Gasteiger partial charge on any atom is -0.392 e. The standard InChI is InChI=1S/C12H20F3N3O2S/c1-11(2,10(16)21)18-5-3-17(4-6-18)9(19)7-20-8-12(13,14)15/h3-8H2,1-2H3,(H2,16,21). The molecule has 1 saturated heterocycles. The van der Waals surface area contributed by atoms with Crippen molar-refractivity contribution in [1.82, 2.24) is 9.80 Å². The Hall–Kier alpha value is -0.930. The van der Waals surface area contributed by atoms with Crippen molar-refractivity contribution in [3.05, 3.63) is 0 Å². The Morgan fingerprint density at radius 1 is 1.24 bits per heavy atom. The van der Waals surface area contributed by atoms with Gasteiger partial charge in [0.2, 0.25) is 5.91 Å². The zero-order valence-electron chi connectivity index (χ0n) is 12.1. The zero-order chi connectivity index (χ0) is 16.3. The minimum absolute atomic E-state index is 0.371. The molecule has 2 N–H and O–H groups in total. The van der Waals surface area contributed by atoms with Gasteiger partial charge in [0.15, 0.2) is 0 Å². The van der Waals surface area contributed by atoms with Gasteiger partial charge in [0.05, 0.1) is 10.5 Å². The molecule has 1 aliphatic heterocycles. The minimum atomic E-state index is -4.42. The van der Waals surface area contributed by atoms with Crippen molar-refractivity contribution in [2.45, 2.75) is 25.6 Å². The van der Waals surface area contributed by atoms with Gasteiger partial charge in [-0.15, -0.1) is 0 Å². The number of carbonyl (C=O) groups excluding carboxylic acids is 1. The van der Waals surface area contributed by atoms with E-state index >= 15 is 0 Å². The van der Waals surface area contributed by atoms with E-state index in [0.717, 1.165) is 0 Å². The second-order valence-electron chi connectivity index (χ2n) is 5.40. The molecule has 0 spiro atoms. The summed E-state index contributed by atoms with van der Waals surface area (Å²) in [6.45, 7) is 3.80. The molecule has 1 amide bonds. The van der Waals surface area contributed by atoms with Gasteiger partial charge in [0.25, 0.3) is 0 Å². The molecule has 0 aromatic rings. The van der Waals surface area contributed by atoms with Crippen molar-refractivity contribution < 1.29 is 22.7 Å². The van der Waals surface area contributed by atoms with Crippen LogP contribution in [0.4, 0.5) is 13.2 Å². The van der Waals surface area contributed by atoms with Crippen LogP contribution in [-0.4, -0.2) is 71.8 Å². The molecule has 5 nitrogen and oxygen atoms in total. The maximum atomic E-state index is 11.9. The molecule has 0 unspecified atom stereocenters. The van der Waals surface area contributed by atoms with E-state index in [1.807, 2.05) is 13.8 Å². The van der Waals surface area contributed by atoms with Crippen molar-refractivity contribution in [3.8, 4) is 0 Å². The van der Waals surface area contributed by atoms with Gasteiger partial charge in [-0.3, -0.25) is 9.69 Å². The topological polar surface area (TPSA) is 58.8 Å². The lowest BCUT2D eigenvalue weighted by molar-refractivity contribution is -0.178. The fraction of sp³-hybridized carbons (Fsp3) is 0.833. The third-order valence-electron chi connectivity index (χ3n) is 3.52. The number of ether oxygens (including phenoxy) is 1. The molecule has 0 aliphatic carbocycles. The molecular formula is C12H20F3N3O2S. The van der Waals surface area contributed by atoms with Gasteiger partial charge in [0, 0.05) is 26.2 Å². The van der Waals surface area contributed by atoms with E-state index < -0.39 is 30.8 Å². The van der Waals surface area contributed by atoms with E-state index in [1.54, 1.807) is 0 Å². The second kappa shape index (κ2) is 6.89. The molecule has 1 aliphatic rings. The number of amides is 1. The van der Waals surface area contributed by atoms with Crippen LogP contribution in [0.15, 0.2) is 0 Å². The van der Waals surface area contributed by atoms with Gasteiger partial charge in [-0.25, -0.2) is 0 Å². The molecule has 1 rings (SSSR count). The second-order valence-corrected chi connectivity index (χ2v) is 5.84. The van der Waals surface area contributed by atoms with E-state index in [0.29, 0.717) is 31.2 Å². The van der Waals surface area contributed by atoms with Crippen LogP contribution in [0, 0.1) is 0 Å². The summed E-state index contributed by atoms with van der Waals surface area (Å²) in [6.07, 6.45) is -4.42. The van der Waals surface area contributed by atoms with Gasteiger partial charge >= 0.3 is 6.18 Å². The summed E-state index contributed by atoms with van der Waals surface area (Å²) in [4.78, 5) is 15.6. The van der Waals surface area contributed by atoms with Crippen LogP contribution in [0.3, 0.4) is 0 Å². The third kappa shape index (κ3) is 5.40. The summed E-state index contributed by atoms with van der Waals surface area (Å²) in [7, 11) is 0. The van der Waals surface area contributed by atoms with Crippen LogP contribution in [0.5, 0.6) is 0 Å². The Kier molecular flexibility index (Phi) is 5.94. The normalized spacial score (nSPS) is 17.9. The van der Waals surface area contributed by atoms with E-state index in [9.17, 15) is 18.0 Å². The predicted molar refractivity (Wildman–Crippen MR) is 75.9 cm³/mol. The molecule has 1 fully saturated rings. The molecule has 122 valence electrons. The number of nitrogens with zero attached hydrogens (tertiary/aromatic N) is 2. The van der Waals surface area contributed by atoms with Crippen LogP contribution in [0.1, 0.15) is 13.8 Å². The summed E-state index contributed by atoms with van der Waals surface area (Å²) < 4.78 is 40.2. The van der Waals surface area contributed by atoms with Crippen molar-refractivity contribution in [1.29, 1.82) is 0 Å². The highest BCUT2D eigenvalue weighted by Crippen LogP contribution is 2.18. The van der Waals surface area contributed by atoms with E-state index in [2.05, 4.69) is 9.64 Å². The molecule has 1 heterocycles. The molecule has 0 aromatic heterocycles. The summed E-state index contributed by atoms with van der Waals surface area (Å²) in [6, 6.07) is 0. The number of hydrogen-bond acceptors (Lipinski definition) is 4. The van der Waals surface area contributed by atoms with Gasteiger partial charge in [0.1, 0.15) is 13.2 Å². The third-order valence-corrected chi connectivity index (χ3v) is 4.02. The Bertz CT molecular complexity index is 394. The summed E-state index contributed by atoms with van der Waals surface area (Å²) >= 11 is 5.01.